The highest BCUT2D eigenvalue weighted by Gasteiger charge is 2.08. The van der Waals surface area contributed by atoms with Crippen molar-refractivity contribution in [1.82, 2.24) is 9.97 Å². The van der Waals surface area contributed by atoms with Gasteiger partial charge in [-0.15, -0.1) is 0 Å². The van der Waals surface area contributed by atoms with Gasteiger partial charge in [0.15, 0.2) is 0 Å². The van der Waals surface area contributed by atoms with Crippen LogP contribution in [0.1, 0.15) is 25.0 Å². The van der Waals surface area contributed by atoms with Crippen LogP contribution >= 0.6 is 11.3 Å². The van der Waals surface area contributed by atoms with E-state index in [1.54, 1.807) is 11.3 Å². The Morgan fingerprint density at radius 2 is 2.11 bits per heavy atom. The van der Waals surface area contributed by atoms with E-state index in [4.69, 9.17) is 0 Å². The van der Waals surface area contributed by atoms with E-state index in [0.29, 0.717) is 12.4 Å². The number of hydrogen-bond acceptors (Lipinski definition) is 6. The van der Waals surface area contributed by atoms with Crippen molar-refractivity contribution in [3.05, 3.63) is 34.8 Å². The fourth-order valence-electron chi connectivity index (χ4n) is 1.59. The van der Waals surface area contributed by atoms with Crippen LogP contribution in [0.15, 0.2) is 29.2 Å². The third kappa shape index (κ3) is 4.18. The van der Waals surface area contributed by atoms with Gasteiger partial charge >= 0.3 is 0 Å². The summed E-state index contributed by atoms with van der Waals surface area (Å²) in [6.07, 6.45) is 2.04. The van der Waals surface area contributed by atoms with Gasteiger partial charge in [-0.05, 0) is 28.8 Å². The van der Waals surface area contributed by atoms with Crippen LogP contribution in [0.25, 0.3) is 0 Å². The number of nitrogens with zero attached hydrogens (tertiary/aromatic N) is 2. The summed E-state index contributed by atoms with van der Waals surface area (Å²) in [4.78, 5) is 8.26. The number of aliphatic hydroxyl groups is 1. The van der Waals surface area contributed by atoms with E-state index < -0.39 is 6.10 Å². The Bertz CT molecular complexity index is 489. The maximum Gasteiger partial charge on any atom is 0.131 e. The second-order valence-corrected chi connectivity index (χ2v) is 4.95. The lowest BCUT2D eigenvalue weighted by Crippen LogP contribution is -2.13. The van der Waals surface area contributed by atoms with Gasteiger partial charge in [0.2, 0.25) is 0 Å². The smallest absolute Gasteiger partial charge is 0.131 e. The number of hydrogen-bond donors (Lipinski definition) is 3. The Balaban J connectivity index is 1.88. The molecular weight excluding hydrogens is 260 g/mol. The van der Waals surface area contributed by atoms with Crippen LogP contribution in [-0.2, 0) is 0 Å². The molecule has 3 N–H and O–H groups in total. The first-order valence-electron chi connectivity index (χ1n) is 6.29. The molecule has 0 saturated carbocycles. The van der Waals surface area contributed by atoms with Crippen LogP contribution in [0, 0.1) is 0 Å². The molecule has 0 radical (unpaired) electrons. The van der Waals surface area contributed by atoms with Gasteiger partial charge in [0.05, 0.1) is 6.10 Å². The van der Waals surface area contributed by atoms with Crippen LogP contribution in [0.3, 0.4) is 0 Å². The summed E-state index contributed by atoms with van der Waals surface area (Å²) in [5, 5.41) is 20.2. The van der Waals surface area contributed by atoms with E-state index in [-0.39, 0.29) is 0 Å². The van der Waals surface area contributed by atoms with Gasteiger partial charge in [-0.25, -0.2) is 9.97 Å². The second-order valence-electron chi connectivity index (χ2n) is 4.17. The number of thiophene rings is 1. The molecule has 2 rings (SSSR count). The minimum absolute atomic E-state index is 0.432. The van der Waals surface area contributed by atoms with Crippen molar-refractivity contribution in [2.24, 2.45) is 0 Å². The number of rotatable bonds is 7. The Kier molecular flexibility index (Phi) is 5.11. The number of aliphatic hydroxyl groups excluding tert-OH is 1. The zero-order chi connectivity index (χ0) is 13.5. The predicted molar refractivity (Wildman–Crippen MR) is 78.6 cm³/mol. The highest BCUT2D eigenvalue weighted by Crippen LogP contribution is 2.17. The highest BCUT2D eigenvalue weighted by atomic mass is 32.1. The average Bonchev–Trinajstić information content (AvgIpc) is 2.97. The molecule has 0 bridgehead atoms. The third-order valence-corrected chi connectivity index (χ3v) is 3.33. The predicted octanol–water partition coefficient (Wildman–Crippen LogP) is 2.51. The first-order valence-corrected chi connectivity index (χ1v) is 7.24. The van der Waals surface area contributed by atoms with Crippen molar-refractivity contribution in [2.45, 2.75) is 19.4 Å². The molecule has 0 aliphatic rings. The topological polar surface area (TPSA) is 70.1 Å². The third-order valence-electron chi connectivity index (χ3n) is 2.63. The quantitative estimate of drug-likeness (QED) is 0.726. The molecule has 0 aromatic carbocycles. The van der Waals surface area contributed by atoms with Gasteiger partial charge in [-0.1, -0.05) is 6.92 Å². The lowest BCUT2D eigenvalue weighted by Gasteiger charge is -2.11. The molecule has 1 atom stereocenters. The molecule has 0 saturated heterocycles. The van der Waals surface area contributed by atoms with E-state index in [0.717, 1.165) is 24.3 Å². The molecule has 2 heterocycles. The lowest BCUT2D eigenvalue weighted by atomic mass is 10.2. The zero-order valence-electron chi connectivity index (χ0n) is 10.8. The molecule has 19 heavy (non-hydrogen) atoms. The van der Waals surface area contributed by atoms with Crippen molar-refractivity contribution in [3.63, 3.8) is 0 Å². The van der Waals surface area contributed by atoms with Crippen LogP contribution in [0.2, 0.25) is 0 Å². The number of aromatic nitrogens is 2. The van der Waals surface area contributed by atoms with Crippen molar-refractivity contribution >= 4 is 23.0 Å². The Labute approximate surface area is 116 Å². The first kappa shape index (κ1) is 13.8. The van der Waals surface area contributed by atoms with Crippen LogP contribution in [0.5, 0.6) is 0 Å². The molecule has 5 nitrogen and oxygen atoms in total. The molecule has 2 aromatic heterocycles. The van der Waals surface area contributed by atoms with Crippen LogP contribution < -0.4 is 10.6 Å². The van der Waals surface area contributed by atoms with Gasteiger partial charge in [-0.3, -0.25) is 0 Å². The molecule has 0 amide bonds. The summed E-state index contributed by atoms with van der Waals surface area (Å²) >= 11 is 1.58. The molecule has 2 aromatic rings. The minimum Gasteiger partial charge on any atom is -0.387 e. The van der Waals surface area contributed by atoms with Gasteiger partial charge in [0.25, 0.3) is 0 Å². The van der Waals surface area contributed by atoms with Crippen LogP contribution in [0.4, 0.5) is 11.6 Å². The summed E-state index contributed by atoms with van der Waals surface area (Å²) in [5.41, 5.74) is 0.927. The van der Waals surface area contributed by atoms with E-state index in [1.165, 1.54) is 6.33 Å². The largest absolute Gasteiger partial charge is 0.387 e. The van der Waals surface area contributed by atoms with Gasteiger partial charge in [0, 0.05) is 19.2 Å². The average molecular weight is 278 g/mol. The summed E-state index contributed by atoms with van der Waals surface area (Å²) < 4.78 is 0. The van der Waals surface area contributed by atoms with Crippen molar-refractivity contribution in [2.75, 3.05) is 23.7 Å². The summed E-state index contributed by atoms with van der Waals surface area (Å²) in [6.45, 7) is 3.42. The van der Waals surface area contributed by atoms with Gasteiger partial charge in [-0.2, -0.15) is 11.3 Å². The van der Waals surface area contributed by atoms with Crippen molar-refractivity contribution in [1.29, 1.82) is 0 Å². The zero-order valence-corrected chi connectivity index (χ0v) is 11.7. The minimum atomic E-state index is -0.520. The standard InChI is InChI=1S/C13H18N4OS/c1-2-4-14-12-6-13(17-9-16-12)15-7-11(18)10-3-5-19-8-10/h3,5-6,8-9,11,18H,2,4,7H2,1H3,(H2,14,15,16,17). The maximum absolute atomic E-state index is 9.97. The van der Waals surface area contributed by atoms with Crippen molar-refractivity contribution in [3.8, 4) is 0 Å². The van der Waals surface area contributed by atoms with Crippen molar-refractivity contribution < 1.29 is 5.11 Å². The maximum atomic E-state index is 9.97. The lowest BCUT2D eigenvalue weighted by molar-refractivity contribution is 0.192. The van der Waals surface area contributed by atoms with Gasteiger partial charge < -0.3 is 15.7 Å². The van der Waals surface area contributed by atoms with Gasteiger partial charge in [0.1, 0.15) is 18.0 Å². The molecular formula is C13H18N4OS. The molecule has 0 aliphatic carbocycles. The Hall–Kier alpha value is -1.66. The summed E-state index contributed by atoms with van der Waals surface area (Å²) in [6, 6.07) is 3.77. The fourth-order valence-corrected chi connectivity index (χ4v) is 2.29. The number of nitrogens with one attached hydrogen (secondary N) is 2. The van der Waals surface area contributed by atoms with E-state index >= 15 is 0 Å². The summed E-state index contributed by atoms with van der Waals surface area (Å²) in [7, 11) is 0. The normalized spacial score (nSPS) is 12.1. The Morgan fingerprint density at radius 3 is 2.79 bits per heavy atom. The molecule has 0 spiro atoms. The van der Waals surface area contributed by atoms with Crippen LogP contribution in [-0.4, -0.2) is 28.2 Å². The highest BCUT2D eigenvalue weighted by molar-refractivity contribution is 7.07. The first-order chi connectivity index (χ1) is 9.29. The van der Waals surface area contributed by atoms with E-state index in [2.05, 4.69) is 27.5 Å². The molecule has 102 valence electrons. The molecule has 0 aliphatic heterocycles. The second kappa shape index (κ2) is 7.06. The fraction of sp³-hybridized carbons (Fsp3) is 0.385. The summed E-state index contributed by atoms with van der Waals surface area (Å²) in [5.74, 6) is 1.51. The van der Waals surface area contributed by atoms with E-state index in [1.807, 2.05) is 22.9 Å². The number of anilines is 2. The molecule has 0 fully saturated rings. The molecule has 1 unspecified atom stereocenters. The SMILES string of the molecule is CCCNc1cc(NCC(O)c2ccsc2)ncn1. The Morgan fingerprint density at radius 1 is 1.32 bits per heavy atom. The van der Waals surface area contributed by atoms with E-state index in [9.17, 15) is 5.11 Å². The monoisotopic (exact) mass is 278 g/mol. The molecule has 6 heteroatoms.